The molecule has 31 heavy (non-hydrogen) atoms. The van der Waals surface area contributed by atoms with Gasteiger partial charge in [0.1, 0.15) is 18.2 Å². The van der Waals surface area contributed by atoms with Crippen LogP contribution in [-0.4, -0.2) is 51.8 Å². The first-order valence-electron chi connectivity index (χ1n) is 10.6. The molecule has 1 atom stereocenters. The molecule has 3 heterocycles. The van der Waals surface area contributed by atoms with Crippen LogP contribution in [0.4, 0.5) is 0 Å². The van der Waals surface area contributed by atoms with Gasteiger partial charge in [0.2, 0.25) is 11.7 Å². The van der Waals surface area contributed by atoms with E-state index in [0.29, 0.717) is 24.7 Å². The fourth-order valence-electron chi connectivity index (χ4n) is 4.07. The average Bonchev–Trinajstić information content (AvgIpc) is 3.28. The van der Waals surface area contributed by atoms with E-state index < -0.39 is 0 Å². The zero-order chi connectivity index (χ0) is 22.0. The van der Waals surface area contributed by atoms with Crippen LogP contribution in [0.3, 0.4) is 0 Å². The van der Waals surface area contributed by atoms with E-state index in [2.05, 4.69) is 51.8 Å². The molecular weight excluding hydrogens is 394 g/mol. The SMILES string of the molecule is CCc1nc(-c2cncnc2C2CN(Cc3c(C)cc(OC)c(C)c3C)CCO2)no1. The molecule has 0 radical (unpaired) electrons. The van der Waals surface area contributed by atoms with Crippen molar-refractivity contribution >= 4 is 0 Å². The predicted octanol–water partition coefficient (Wildman–Crippen LogP) is 3.60. The van der Waals surface area contributed by atoms with E-state index in [0.717, 1.165) is 36.6 Å². The maximum absolute atomic E-state index is 6.11. The summed E-state index contributed by atoms with van der Waals surface area (Å²) in [5.74, 6) is 2.04. The van der Waals surface area contributed by atoms with E-state index in [9.17, 15) is 0 Å². The molecule has 0 amide bonds. The van der Waals surface area contributed by atoms with Crippen LogP contribution < -0.4 is 4.74 Å². The van der Waals surface area contributed by atoms with Gasteiger partial charge in [-0.25, -0.2) is 9.97 Å². The fourth-order valence-corrected chi connectivity index (χ4v) is 4.07. The molecule has 8 heteroatoms. The van der Waals surface area contributed by atoms with Crippen molar-refractivity contribution in [3.63, 3.8) is 0 Å². The summed E-state index contributed by atoms with van der Waals surface area (Å²) < 4.78 is 16.9. The minimum Gasteiger partial charge on any atom is -0.496 e. The lowest BCUT2D eigenvalue weighted by molar-refractivity contribution is -0.0348. The van der Waals surface area contributed by atoms with Crippen molar-refractivity contribution in [1.29, 1.82) is 0 Å². The Bertz CT molecular complexity index is 1070. The number of ether oxygens (including phenoxy) is 2. The maximum Gasteiger partial charge on any atom is 0.226 e. The van der Waals surface area contributed by atoms with E-state index in [-0.39, 0.29) is 6.10 Å². The molecule has 164 valence electrons. The first-order valence-corrected chi connectivity index (χ1v) is 10.6. The molecule has 1 unspecified atom stereocenters. The summed E-state index contributed by atoms with van der Waals surface area (Å²) >= 11 is 0. The summed E-state index contributed by atoms with van der Waals surface area (Å²) in [6, 6.07) is 2.12. The van der Waals surface area contributed by atoms with E-state index in [4.69, 9.17) is 14.0 Å². The molecule has 0 aliphatic carbocycles. The number of hydrogen-bond acceptors (Lipinski definition) is 8. The third kappa shape index (κ3) is 4.31. The van der Waals surface area contributed by atoms with Gasteiger partial charge in [-0.1, -0.05) is 12.1 Å². The Morgan fingerprint density at radius 3 is 2.81 bits per heavy atom. The van der Waals surface area contributed by atoms with Crippen LogP contribution >= 0.6 is 0 Å². The highest BCUT2D eigenvalue weighted by molar-refractivity contribution is 5.56. The van der Waals surface area contributed by atoms with Crippen molar-refractivity contribution in [2.24, 2.45) is 0 Å². The van der Waals surface area contributed by atoms with Gasteiger partial charge in [-0.05, 0) is 49.1 Å². The molecule has 0 spiro atoms. The lowest BCUT2D eigenvalue weighted by Gasteiger charge is -2.34. The van der Waals surface area contributed by atoms with Gasteiger partial charge in [0.25, 0.3) is 0 Å². The lowest BCUT2D eigenvalue weighted by atomic mass is 9.96. The second-order valence-electron chi connectivity index (χ2n) is 7.91. The van der Waals surface area contributed by atoms with Crippen LogP contribution in [0, 0.1) is 20.8 Å². The zero-order valence-corrected chi connectivity index (χ0v) is 18.8. The molecule has 1 aliphatic rings. The molecule has 1 saturated heterocycles. The van der Waals surface area contributed by atoms with E-state index in [1.165, 1.54) is 22.3 Å². The monoisotopic (exact) mass is 423 g/mol. The van der Waals surface area contributed by atoms with Gasteiger partial charge >= 0.3 is 0 Å². The lowest BCUT2D eigenvalue weighted by Crippen LogP contribution is -2.38. The van der Waals surface area contributed by atoms with Crippen molar-refractivity contribution in [2.45, 2.75) is 46.8 Å². The Balaban J connectivity index is 1.57. The quantitative estimate of drug-likeness (QED) is 0.594. The molecule has 4 rings (SSSR count). The summed E-state index contributed by atoms with van der Waals surface area (Å²) in [6.45, 7) is 11.5. The maximum atomic E-state index is 6.11. The van der Waals surface area contributed by atoms with Gasteiger partial charge in [0, 0.05) is 32.3 Å². The van der Waals surface area contributed by atoms with Crippen molar-refractivity contribution in [1.82, 2.24) is 25.0 Å². The molecule has 3 aromatic rings. The summed E-state index contributed by atoms with van der Waals surface area (Å²) in [7, 11) is 1.72. The summed E-state index contributed by atoms with van der Waals surface area (Å²) in [4.78, 5) is 15.6. The Morgan fingerprint density at radius 1 is 1.23 bits per heavy atom. The van der Waals surface area contributed by atoms with Crippen molar-refractivity contribution < 1.29 is 14.0 Å². The van der Waals surface area contributed by atoms with E-state index >= 15 is 0 Å². The molecule has 0 saturated carbocycles. The topological polar surface area (TPSA) is 86.4 Å². The Labute approximate surface area is 182 Å². The number of aryl methyl sites for hydroxylation is 2. The van der Waals surface area contributed by atoms with Gasteiger partial charge < -0.3 is 14.0 Å². The van der Waals surface area contributed by atoms with Crippen LogP contribution in [-0.2, 0) is 17.7 Å². The van der Waals surface area contributed by atoms with E-state index in [1.54, 1.807) is 19.6 Å². The van der Waals surface area contributed by atoms with Gasteiger partial charge in [-0.3, -0.25) is 4.90 Å². The van der Waals surface area contributed by atoms with Crippen LogP contribution in [0.25, 0.3) is 11.4 Å². The second-order valence-corrected chi connectivity index (χ2v) is 7.91. The number of nitrogens with zero attached hydrogens (tertiary/aromatic N) is 5. The number of aromatic nitrogens is 4. The Kier molecular flexibility index (Phi) is 6.29. The van der Waals surface area contributed by atoms with Gasteiger partial charge in [-0.15, -0.1) is 0 Å². The Morgan fingerprint density at radius 2 is 2.06 bits per heavy atom. The van der Waals surface area contributed by atoms with Crippen LogP contribution in [0.15, 0.2) is 23.1 Å². The molecule has 1 fully saturated rings. The van der Waals surface area contributed by atoms with Crippen LogP contribution in [0.2, 0.25) is 0 Å². The molecule has 1 aromatic carbocycles. The largest absolute Gasteiger partial charge is 0.496 e. The molecular formula is C23H29N5O3. The second kappa shape index (κ2) is 9.11. The average molecular weight is 424 g/mol. The fraction of sp³-hybridized carbons (Fsp3) is 0.478. The third-order valence-corrected chi connectivity index (χ3v) is 6.02. The highest BCUT2D eigenvalue weighted by Gasteiger charge is 2.28. The normalized spacial score (nSPS) is 17.1. The summed E-state index contributed by atoms with van der Waals surface area (Å²) in [6.07, 6.45) is 3.78. The molecule has 0 bridgehead atoms. The van der Waals surface area contributed by atoms with Crippen molar-refractivity contribution in [3.8, 4) is 17.1 Å². The molecule has 1 aliphatic heterocycles. The van der Waals surface area contributed by atoms with Crippen molar-refractivity contribution in [2.75, 3.05) is 26.8 Å². The number of methoxy groups -OCH3 is 1. The number of benzene rings is 1. The molecule has 2 aromatic heterocycles. The zero-order valence-electron chi connectivity index (χ0n) is 18.8. The van der Waals surface area contributed by atoms with Crippen LogP contribution in [0.5, 0.6) is 5.75 Å². The van der Waals surface area contributed by atoms with E-state index in [1.807, 2.05) is 6.92 Å². The standard InChI is InChI=1S/C23H29N5O3/c1-6-21-26-23(27-31-21)17-10-24-13-25-22(17)20-12-28(7-8-30-20)11-18-14(2)9-19(29-5)16(4)15(18)3/h9-10,13,20H,6-8,11-12H2,1-5H3. The van der Waals surface area contributed by atoms with Crippen LogP contribution in [0.1, 0.15) is 46.9 Å². The van der Waals surface area contributed by atoms with Gasteiger partial charge in [0.05, 0.1) is 25.0 Å². The smallest absolute Gasteiger partial charge is 0.226 e. The van der Waals surface area contributed by atoms with Crippen molar-refractivity contribution in [3.05, 3.63) is 52.4 Å². The minimum atomic E-state index is -0.185. The predicted molar refractivity (Wildman–Crippen MR) is 116 cm³/mol. The Hall–Kier alpha value is -2.84. The minimum absolute atomic E-state index is 0.185. The highest BCUT2D eigenvalue weighted by Crippen LogP contribution is 2.32. The highest BCUT2D eigenvalue weighted by atomic mass is 16.5. The number of rotatable bonds is 6. The summed E-state index contributed by atoms with van der Waals surface area (Å²) in [5, 5.41) is 4.10. The first kappa shape index (κ1) is 21.4. The summed E-state index contributed by atoms with van der Waals surface area (Å²) in [5.41, 5.74) is 6.60. The molecule has 8 nitrogen and oxygen atoms in total. The first-order chi connectivity index (χ1) is 15.0. The number of morpholine rings is 1. The number of hydrogen-bond donors (Lipinski definition) is 0. The molecule has 0 N–H and O–H groups in total. The van der Waals surface area contributed by atoms with Gasteiger partial charge in [-0.2, -0.15) is 4.98 Å². The van der Waals surface area contributed by atoms with Gasteiger partial charge in [0.15, 0.2) is 0 Å². The third-order valence-electron chi connectivity index (χ3n) is 6.02.